The van der Waals surface area contributed by atoms with Gasteiger partial charge in [0.25, 0.3) is 0 Å². The van der Waals surface area contributed by atoms with Crippen molar-refractivity contribution in [2.75, 3.05) is 5.73 Å². The minimum atomic E-state index is 0.363. The summed E-state index contributed by atoms with van der Waals surface area (Å²) >= 11 is 0. The SMILES string of the molecule is CCCCCCCCc1cnc(N)nc1. The molecule has 1 aromatic rings. The number of anilines is 1. The van der Waals surface area contributed by atoms with E-state index < -0.39 is 0 Å². The Balaban J connectivity index is 2.07. The van der Waals surface area contributed by atoms with Crippen molar-refractivity contribution in [1.29, 1.82) is 0 Å². The van der Waals surface area contributed by atoms with Gasteiger partial charge in [-0.25, -0.2) is 9.97 Å². The van der Waals surface area contributed by atoms with Crippen LogP contribution >= 0.6 is 0 Å². The molecular formula is C12H21N3. The Morgan fingerprint density at radius 2 is 1.60 bits per heavy atom. The van der Waals surface area contributed by atoms with Gasteiger partial charge in [-0.05, 0) is 18.4 Å². The minimum Gasteiger partial charge on any atom is -0.368 e. The maximum atomic E-state index is 5.41. The van der Waals surface area contributed by atoms with Gasteiger partial charge in [0.05, 0.1) is 0 Å². The molecule has 0 bridgehead atoms. The number of unbranched alkanes of at least 4 members (excludes halogenated alkanes) is 5. The first-order valence-electron chi connectivity index (χ1n) is 5.89. The van der Waals surface area contributed by atoms with Crippen molar-refractivity contribution < 1.29 is 0 Å². The Labute approximate surface area is 92.1 Å². The van der Waals surface area contributed by atoms with Crippen LogP contribution < -0.4 is 5.73 Å². The van der Waals surface area contributed by atoms with Crippen molar-refractivity contribution in [1.82, 2.24) is 9.97 Å². The Morgan fingerprint density at radius 1 is 1.00 bits per heavy atom. The highest BCUT2D eigenvalue weighted by Gasteiger charge is 1.95. The second-order valence-electron chi connectivity index (χ2n) is 3.97. The van der Waals surface area contributed by atoms with Crippen molar-refractivity contribution in [2.24, 2.45) is 0 Å². The third kappa shape index (κ3) is 5.35. The number of nitrogens with zero attached hydrogens (tertiary/aromatic N) is 2. The van der Waals surface area contributed by atoms with Crippen LogP contribution in [-0.2, 0) is 6.42 Å². The van der Waals surface area contributed by atoms with Gasteiger partial charge in [-0.3, -0.25) is 0 Å². The molecular weight excluding hydrogens is 186 g/mol. The minimum absolute atomic E-state index is 0.363. The molecule has 0 amide bonds. The molecule has 3 nitrogen and oxygen atoms in total. The van der Waals surface area contributed by atoms with Crippen LogP contribution in [0, 0.1) is 0 Å². The third-order valence-electron chi connectivity index (χ3n) is 2.54. The topological polar surface area (TPSA) is 51.8 Å². The zero-order valence-electron chi connectivity index (χ0n) is 9.58. The maximum Gasteiger partial charge on any atom is 0.219 e. The number of rotatable bonds is 7. The highest BCUT2D eigenvalue weighted by molar-refractivity contribution is 5.17. The predicted molar refractivity (Wildman–Crippen MR) is 63.5 cm³/mol. The molecule has 3 heteroatoms. The molecule has 0 saturated heterocycles. The van der Waals surface area contributed by atoms with Crippen molar-refractivity contribution in [2.45, 2.75) is 51.9 Å². The number of aryl methyl sites for hydroxylation is 1. The standard InChI is InChI=1S/C12H21N3/c1-2-3-4-5-6-7-8-11-9-14-12(13)15-10-11/h9-10H,2-8H2,1H3,(H2,13,14,15). The number of hydrogen-bond donors (Lipinski definition) is 1. The molecule has 1 heterocycles. The van der Waals surface area contributed by atoms with Crippen LogP contribution in [0.3, 0.4) is 0 Å². The summed E-state index contributed by atoms with van der Waals surface area (Å²) in [7, 11) is 0. The number of aromatic nitrogens is 2. The monoisotopic (exact) mass is 207 g/mol. The van der Waals surface area contributed by atoms with Crippen molar-refractivity contribution in [3.05, 3.63) is 18.0 Å². The molecule has 0 aliphatic rings. The van der Waals surface area contributed by atoms with Crippen molar-refractivity contribution in [3.63, 3.8) is 0 Å². The smallest absolute Gasteiger partial charge is 0.219 e. The lowest BCUT2D eigenvalue weighted by molar-refractivity contribution is 0.607. The van der Waals surface area contributed by atoms with E-state index in [2.05, 4.69) is 16.9 Å². The average Bonchev–Trinajstić information content (AvgIpc) is 2.26. The lowest BCUT2D eigenvalue weighted by Gasteiger charge is -2.01. The van der Waals surface area contributed by atoms with Gasteiger partial charge in [0.1, 0.15) is 0 Å². The second-order valence-corrected chi connectivity index (χ2v) is 3.97. The summed E-state index contributed by atoms with van der Waals surface area (Å²) in [6, 6.07) is 0. The second kappa shape index (κ2) is 7.21. The van der Waals surface area contributed by atoms with Gasteiger partial charge in [0.2, 0.25) is 5.95 Å². The molecule has 1 rings (SSSR count). The maximum absolute atomic E-state index is 5.41. The molecule has 0 aliphatic heterocycles. The molecule has 0 aliphatic carbocycles. The molecule has 0 spiro atoms. The third-order valence-corrected chi connectivity index (χ3v) is 2.54. The fraction of sp³-hybridized carbons (Fsp3) is 0.667. The van der Waals surface area contributed by atoms with Crippen LogP contribution in [-0.4, -0.2) is 9.97 Å². The van der Waals surface area contributed by atoms with Crippen LogP contribution in [0.15, 0.2) is 12.4 Å². The summed E-state index contributed by atoms with van der Waals surface area (Å²) in [5.41, 5.74) is 6.61. The van der Waals surface area contributed by atoms with E-state index in [0.29, 0.717) is 5.95 Å². The van der Waals surface area contributed by atoms with E-state index in [-0.39, 0.29) is 0 Å². The van der Waals surface area contributed by atoms with E-state index >= 15 is 0 Å². The van der Waals surface area contributed by atoms with E-state index in [1.807, 2.05) is 12.4 Å². The molecule has 0 atom stereocenters. The van der Waals surface area contributed by atoms with Gasteiger partial charge in [0, 0.05) is 12.4 Å². The van der Waals surface area contributed by atoms with E-state index in [1.54, 1.807) is 0 Å². The highest BCUT2D eigenvalue weighted by Crippen LogP contribution is 2.08. The average molecular weight is 207 g/mol. The van der Waals surface area contributed by atoms with Crippen LogP contribution in [0.4, 0.5) is 5.95 Å². The van der Waals surface area contributed by atoms with E-state index in [1.165, 1.54) is 44.1 Å². The first-order valence-corrected chi connectivity index (χ1v) is 5.89. The lowest BCUT2D eigenvalue weighted by atomic mass is 10.1. The molecule has 84 valence electrons. The zero-order chi connectivity index (χ0) is 10.9. The molecule has 0 aromatic carbocycles. The molecule has 0 unspecified atom stereocenters. The number of nitrogens with two attached hydrogens (primary N) is 1. The van der Waals surface area contributed by atoms with Gasteiger partial charge in [-0.2, -0.15) is 0 Å². The summed E-state index contributed by atoms with van der Waals surface area (Å²) in [5, 5.41) is 0. The quantitative estimate of drug-likeness (QED) is 0.699. The summed E-state index contributed by atoms with van der Waals surface area (Å²) in [4.78, 5) is 7.95. The van der Waals surface area contributed by atoms with Crippen LogP contribution in [0.2, 0.25) is 0 Å². The van der Waals surface area contributed by atoms with Gasteiger partial charge in [-0.15, -0.1) is 0 Å². The molecule has 15 heavy (non-hydrogen) atoms. The molecule has 0 fully saturated rings. The normalized spacial score (nSPS) is 10.5. The van der Waals surface area contributed by atoms with Crippen LogP contribution in [0.25, 0.3) is 0 Å². The summed E-state index contributed by atoms with van der Waals surface area (Å²) in [6.45, 7) is 2.24. The largest absolute Gasteiger partial charge is 0.368 e. The van der Waals surface area contributed by atoms with Gasteiger partial charge in [-0.1, -0.05) is 39.0 Å². The first-order chi connectivity index (χ1) is 7.33. The lowest BCUT2D eigenvalue weighted by Crippen LogP contribution is -1.96. The number of hydrogen-bond acceptors (Lipinski definition) is 3. The molecule has 0 saturated carbocycles. The zero-order valence-corrected chi connectivity index (χ0v) is 9.58. The fourth-order valence-electron chi connectivity index (χ4n) is 1.60. The highest BCUT2D eigenvalue weighted by atomic mass is 15.0. The Morgan fingerprint density at radius 3 is 2.27 bits per heavy atom. The van der Waals surface area contributed by atoms with E-state index in [0.717, 1.165) is 6.42 Å². The number of nitrogen functional groups attached to an aromatic ring is 1. The predicted octanol–water partition coefficient (Wildman–Crippen LogP) is 2.96. The van der Waals surface area contributed by atoms with Crippen LogP contribution in [0.5, 0.6) is 0 Å². The summed E-state index contributed by atoms with van der Waals surface area (Å²) in [5.74, 6) is 0.363. The van der Waals surface area contributed by atoms with E-state index in [9.17, 15) is 0 Å². The summed E-state index contributed by atoms with van der Waals surface area (Å²) < 4.78 is 0. The van der Waals surface area contributed by atoms with E-state index in [4.69, 9.17) is 5.73 Å². The summed E-state index contributed by atoms with van der Waals surface area (Å²) in [6.07, 6.45) is 12.7. The fourth-order valence-corrected chi connectivity index (χ4v) is 1.60. The van der Waals surface area contributed by atoms with Crippen LogP contribution in [0.1, 0.15) is 51.0 Å². The van der Waals surface area contributed by atoms with Gasteiger partial charge in [0.15, 0.2) is 0 Å². The molecule has 2 N–H and O–H groups in total. The first kappa shape index (κ1) is 12.0. The van der Waals surface area contributed by atoms with Gasteiger partial charge >= 0.3 is 0 Å². The Kier molecular flexibility index (Phi) is 5.74. The Hall–Kier alpha value is -1.12. The van der Waals surface area contributed by atoms with Crippen molar-refractivity contribution >= 4 is 5.95 Å². The van der Waals surface area contributed by atoms with Crippen molar-refractivity contribution in [3.8, 4) is 0 Å². The Bertz CT molecular complexity index is 256. The molecule has 0 radical (unpaired) electrons. The molecule has 1 aromatic heterocycles. The van der Waals surface area contributed by atoms with Gasteiger partial charge < -0.3 is 5.73 Å².